The van der Waals surface area contributed by atoms with E-state index in [1.165, 1.54) is 0 Å². The Balaban J connectivity index is 3.69. The van der Waals surface area contributed by atoms with Gasteiger partial charge in [-0.25, -0.2) is 0 Å². The topological polar surface area (TPSA) is 52.6 Å². The van der Waals surface area contributed by atoms with Crippen molar-refractivity contribution in [3.05, 3.63) is 0 Å². The summed E-state index contributed by atoms with van der Waals surface area (Å²) in [6.45, 7) is 5.81. The zero-order valence-corrected chi connectivity index (χ0v) is 11.5. The molecule has 0 aliphatic heterocycles. The number of rotatable bonds is 8. The fourth-order valence-electron chi connectivity index (χ4n) is 1.37. The van der Waals surface area contributed by atoms with Crippen LogP contribution in [0.2, 0.25) is 0 Å². The molecule has 0 radical (unpaired) electrons. The largest absolute Gasteiger partial charge is 0.466 e. The van der Waals surface area contributed by atoms with E-state index in [2.05, 4.69) is 11.8 Å². The van der Waals surface area contributed by atoms with Crippen LogP contribution in [0.1, 0.15) is 52.9 Å². The quantitative estimate of drug-likeness (QED) is 0.379. The summed E-state index contributed by atoms with van der Waals surface area (Å²) in [6, 6.07) is 0. The van der Waals surface area contributed by atoms with E-state index in [9.17, 15) is 9.59 Å². The molecule has 0 bridgehead atoms. The van der Waals surface area contributed by atoms with E-state index in [1.807, 2.05) is 6.92 Å². The highest BCUT2D eigenvalue weighted by Crippen LogP contribution is 2.05. The molecule has 1 atom stereocenters. The summed E-state index contributed by atoms with van der Waals surface area (Å²) in [7, 11) is 0. The van der Waals surface area contributed by atoms with Crippen molar-refractivity contribution in [2.45, 2.75) is 59.0 Å². The van der Waals surface area contributed by atoms with Crippen LogP contribution in [-0.2, 0) is 19.1 Å². The van der Waals surface area contributed by atoms with E-state index in [0.29, 0.717) is 38.7 Å². The molecule has 0 fully saturated rings. The minimum Gasteiger partial charge on any atom is -0.466 e. The SMILES string of the molecule is CC#CC(CC)OC(=O)CCCCC(=O)OCC. The van der Waals surface area contributed by atoms with E-state index in [0.717, 1.165) is 0 Å². The van der Waals surface area contributed by atoms with Crippen LogP contribution in [0.3, 0.4) is 0 Å². The number of unbranched alkanes of at least 4 members (excludes halogenated alkanes) is 1. The number of carbonyl (C=O) groups excluding carboxylic acids is 2. The summed E-state index contributed by atoms with van der Waals surface area (Å²) < 4.78 is 9.96. The van der Waals surface area contributed by atoms with E-state index in [1.54, 1.807) is 13.8 Å². The monoisotopic (exact) mass is 254 g/mol. The van der Waals surface area contributed by atoms with Crippen molar-refractivity contribution < 1.29 is 19.1 Å². The first-order chi connectivity index (χ1) is 8.63. The van der Waals surface area contributed by atoms with Gasteiger partial charge in [0.1, 0.15) is 0 Å². The van der Waals surface area contributed by atoms with Crippen molar-refractivity contribution in [1.29, 1.82) is 0 Å². The van der Waals surface area contributed by atoms with Gasteiger partial charge in [0.25, 0.3) is 0 Å². The number of carbonyl (C=O) groups is 2. The van der Waals surface area contributed by atoms with Crippen molar-refractivity contribution in [2.75, 3.05) is 6.61 Å². The highest BCUT2D eigenvalue weighted by atomic mass is 16.5. The van der Waals surface area contributed by atoms with Gasteiger partial charge in [-0.1, -0.05) is 12.8 Å². The van der Waals surface area contributed by atoms with Crippen molar-refractivity contribution >= 4 is 11.9 Å². The summed E-state index contributed by atoms with van der Waals surface area (Å²) in [6.07, 6.45) is 2.33. The molecule has 0 aliphatic carbocycles. The summed E-state index contributed by atoms with van der Waals surface area (Å²) >= 11 is 0. The van der Waals surface area contributed by atoms with Gasteiger partial charge in [-0.3, -0.25) is 9.59 Å². The predicted molar refractivity (Wildman–Crippen MR) is 68.7 cm³/mol. The lowest BCUT2D eigenvalue weighted by atomic mass is 10.2. The summed E-state index contributed by atoms with van der Waals surface area (Å²) in [5, 5.41) is 0. The maximum Gasteiger partial charge on any atom is 0.307 e. The number of esters is 2. The van der Waals surface area contributed by atoms with Crippen molar-refractivity contribution in [3.8, 4) is 11.8 Å². The van der Waals surface area contributed by atoms with E-state index in [-0.39, 0.29) is 18.0 Å². The Hall–Kier alpha value is -1.50. The molecule has 0 aromatic rings. The minimum absolute atomic E-state index is 0.214. The highest BCUT2D eigenvalue weighted by molar-refractivity contribution is 5.70. The van der Waals surface area contributed by atoms with Crippen LogP contribution in [0.4, 0.5) is 0 Å². The molecule has 4 heteroatoms. The van der Waals surface area contributed by atoms with Crippen LogP contribution >= 0.6 is 0 Å². The molecule has 1 unspecified atom stereocenters. The second-order valence-corrected chi connectivity index (χ2v) is 3.79. The third-order valence-corrected chi connectivity index (χ3v) is 2.27. The fourth-order valence-corrected chi connectivity index (χ4v) is 1.37. The summed E-state index contributed by atoms with van der Waals surface area (Å²) in [5.74, 6) is 5.08. The molecule has 0 aliphatic rings. The zero-order chi connectivity index (χ0) is 13.8. The van der Waals surface area contributed by atoms with Crippen molar-refractivity contribution in [1.82, 2.24) is 0 Å². The van der Waals surface area contributed by atoms with Gasteiger partial charge in [-0.2, -0.15) is 0 Å². The molecule has 4 nitrogen and oxygen atoms in total. The van der Waals surface area contributed by atoms with Gasteiger partial charge in [0.05, 0.1) is 6.61 Å². The van der Waals surface area contributed by atoms with Gasteiger partial charge in [-0.05, 0) is 33.1 Å². The molecule has 0 aromatic carbocycles. The van der Waals surface area contributed by atoms with Gasteiger partial charge < -0.3 is 9.47 Å². The Morgan fingerprint density at radius 1 is 1.11 bits per heavy atom. The highest BCUT2D eigenvalue weighted by Gasteiger charge is 2.10. The molecule has 0 saturated heterocycles. The number of hydrogen-bond acceptors (Lipinski definition) is 4. The summed E-state index contributed by atoms with van der Waals surface area (Å²) in [4.78, 5) is 22.5. The van der Waals surface area contributed by atoms with Gasteiger partial charge in [0.15, 0.2) is 6.10 Å². The van der Waals surface area contributed by atoms with Crippen molar-refractivity contribution in [2.24, 2.45) is 0 Å². The molecule has 0 heterocycles. The van der Waals surface area contributed by atoms with Crippen LogP contribution in [0.15, 0.2) is 0 Å². The second kappa shape index (κ2) is 10.6. The van der Waals surface area contributed by atoms with Gasteiger partial charge >= 0.3 is 11.9 Å². The normalized spacial score (nSPS) is 11.1. The van der Waals surface area contributed by atoms with Crippen LogP contribution in [0, 0.1) is 11.8 Å². The van der Waals surface area contributed by atoms with E-state index < -0.39 is 0 Å². The lowest BCUT2D eigenvalue weighted by Gasteiger charge is -2.09. The van der Waals surface area contributed by atoms with Gasteiger partial charge in [0.2, 0.25) is 0 Å². The van der Waals surface area contributed by atoms with Crippen LogP contribution in [0.5, 0.6) is 0 Å². The van der Waals surface area contributed by atoms with Crippen LogP contribution < -0.4 is 0 Å². The lowest BCUT2D eigenvalue weighted by Crippen LogP contribution is -2.15. The Morgan fingerprint density at radius 3 is 2.22 bits per heavy atom. The number of hydrogen-bond donors (Lipinski definition) is 0. The minimum atomic E-state index is -0.312. The second-order valence-electron chi connectivity index (χ2n) is 3.79. The molecule has 0 amide bonds. The average molecular weight is 254 g/mol. The number of ether oxygens (including phenoxy) is 2. The third-order valence-electron chi connectivity index (χ3n) is 2.27. The Kier molecular flexibility index (Phi) is 9.75. The lowest BCUT2D eigenvalue weighted by molar-refractivity contribution is -0.147. The third kappa shape index (κ3) is 8.63. The molecule has 0 rings (SSSR count). The average Bonchev–Trinajstić information content (AvgIpc) is 2.34. The van der Waals surface area contributed by atoms with Crippen LogP contribution in [0.25, 0.3) is 0 Å². The first-order valence-electron chi connectivity index (χ1n) is 6.41. The molecule has 0 saturated carbocycles. The van der Waals surface area contributed by atoms with Gasteiger partial charge in [0, 0.05) is 12.8 Å². The maximum absolute atomic E-state index is 11.5. The van der Waals surface area contributed by atoms with Gasteiger partial charge in [-0.15, -0.1) is 5.92 Å². The molecular weight excluding hydrogens is 232 g/mol. The molecule has 18 heavy (non-hydrogen) atoms. The Bertz CT molecular complexity index is 311. The Labute approximate surface area is 109 Å². The predicted octanol–water partition coefficient (Wildman–Crippen LogP) is 2.46. The molecule has 0 aromatic heterocycles. The molecule has 0 N–H and O–H groups in total. The zero-order valence-electron chi connectivity index (χ0n) is 11.5. The fraction of sp³-hybridized carbons (Fsp3) is 0.714. The molecule has 0 spiro atoms. The first kappa shape index (κ1) is 16.5. The Morgan fingerprint density at radius 2 is 1.72 bits per heavy atom. The standard InChI is InChI=1S/C14H22O4/c1-4-9-12(5-2)18-14(16)11-8-7-10-13(15)17-6-3/h12H,5-8,10-11H2,1-3H3. The smallest absolute Gasteiger partial charge is 0.307 e. The van der Waals surface area contributed by atoms with E-state index >= 15 is 0 Å². The van der Waals surface area contributed by atoms with Crippen LogP contribution in [-0.4, -0.2) is 24.6 Å². The maximum atomic E-state index is 11.5. The van der Waals surface area contributed by atoms with Crippen molar-refractivity contribution in [3.63, 3.8) is 0 Å². The summed E-state index contributed by atoms with van der Waals surface area (Å²) in [5.41, 5.74) is 0. The molecule has 102 valence electrons. The van der Waals surface area contributed by atoms with E-state index in [4.69, 9.17) is 9.47 Å². The first-order valence-corrected chi connectivity index (χ1v) is 6.41. The molecular formula is C14H22O4.